The van der Waals surface area contributed by atoms with Crippen LogP contribution in [-0.4, -0.2) is 32.1 Å². The topological polar surface area (TPSA) is 90.7 Å². The third-order valence-electron chi connectivity index (χ3n) is 2.40. The van der Waals surface area contributed by atoms with E-state index in [9.17, 15) is 0 Å². The summed E-state index contributed by atoms with van der Waals surface area (Å²) in [5.41, 5.74) is 6.61. The zero-order chi connectivity index (χ0) is 13.0. The fourth-order valence-corrected chi connectivity index (χ4v) is 1.93. The van der Waals surface area contributed by atoms with Crippen molar-refractivity contribution in [1.29, 1.82) is 0 Å². The maximum absolute atomic E-state index is 5.96. The van der Waals surface area contributed by atoms with Crippen LogP contribution < -0.4 is 5.73 Å². The van der Waals surface area contributed by atoms with E-state index in [1.165, 1.54) is 0 Å². The molecule has 0 amide bonds. The smallest absolute Gasteiger partial charge is 0.243 e. The molecule has 2 rings (SSSR count). The average molecular weight is 265 g/mol. The van der Waals surface area contributed by atoms with E-state index < -0.39 is 0 Å². The van der Waals surface area contributed by atoms with E-state index in [4.69, 9.17) is 10.3 Å². The number of rotatable bonds is 5. The molecule has 7 heteroatoms. The Morgan fingerprint density at radius 2 is 2.28 bits per heavy atom. The molecule has 2 N–H and O–H groups in total. The van der Waals surface area contributed by atoms with E-state index in [0.717, 1.165) is 12.2 Å². The van der Waals surface area contributed by atoms with Gasteiger partial charge >= 0.3 is 0 Å². The van der Waals surface area contributed by atoms with Gasteiger partial charge in [-0.25, -0.2) is 9.97 Å². The second-order valence-corrected chi connectivity index (χ2v) is 4.82. The van der Waals surface area contributed by atoms with Crippen molar-refractivity contribution in [2.45, 2.75) is 19.4 Å². The highest BCUT2D eigenvalue weighted by Crippen LogP contribution is 2.18. The van der Waals surface area contributed by atoms with Crippen LogP contribution in [0.2, 0.25) is 0 Å². The first-order valence-electron chi connectivity index (χ1n) is 5.59. The first-order chi connectivity index (χ1) is 8.70. The van der Waals surface area contributed by atoms with Crippen molar-refractivity contribution in [2.24, 2.45) is 5.73 Å². The largest absolute Gasteiger partial charge is 0.337 e. The first kappa shape index (κ1) is 13.0. The van der Waals surface area contributed by atoms with Gasteiger partial charge in [-0.3, -0.25) is 0 Å². The SMILES string of the molecule is CSCC[C@H](N)c1nc(-c2ccnc(C)n2)no1. The summed E-state index contributed by atoms with van der Waals surface area (Å²) >= 11 is 1.74. The highest BCUT2D eigenvalue weighted by atomic mass is 32.2. The zero-order valence-electron chi connectivity index (χ0n) is 10.3. The Morgan fingerprint density at radius 3 is 3.00 bits per heavy atom. The molecule has 0 fully saturated rings. The molecule has 6 nitrogen and oxygen atoms in total. The molecule has 0 aliphatic rings. The molecule has 1 atom stereocenters. The second-order valence-electron chi connectivity index (χ2n) is 3.83. The van der Waals surface area contributed by atoms with Gasteiger partial charge in [-0.15, -0.1) is 0 Å². The Balaban J connectivity index is 2.15. The summed E-state index contributed by atoms with van der Waals surface area (Å²) in [6.45, 7) is 1.81. The second kappa shape index (κ2) is 5.92. The summed E-state index contributed by atoms with van der Waals surface area (Å²) in [5, 5.41) is 3.89. The van der Waals surface area contributed by atoms with Gasteiger partial charge < -0.3 is 10.3 Å². The molecule has 0 bridgehead atoms. The van der Waals surface area contributed by atoms with Gasteiger partial charge in [0.05, 0.1) is 6.04 Å². The lowest BCUT2D eigenvalue weighted by atomic mass is 10.2. The zero-order valence-corrected chi connectivity index (χ0v) is 11.1. The quantitative estimate of drug-likeness (QED) is 0.877. The monoisotopic (exact) mass is 265 g/mol. The van der Waals surface area contributed by atoms with Crippen LogP contribution in [0.3, 0.4) is 0 Å². The average Bonchev–Trinajstić information content (AvgIpc) is 2.85. The van der Waals surface area contributed by atoms with Crippen LogP contribution in [0.5, 0.6) is 0 Å². The Morgan fingerprint density at radius 1 is 1.44 bits per heavy atom. The third-order valence-corrected chi connectivity index (χ3v) is 3.04. The summed E-state index contributed by atoms with van der Waals surface area (Å²) in [6.07, 6.45) is 4.52. The first-order valence-corrected chi connectivity index (χ1v) is 6.98. The molecule has 0 saturated heterocycles. The summed E-state index contributed by atoms with van der Waals surface area (Å²) in [6, 6.07) is 1.52. The number of thioether (sulfide) groups is 1. The maximum Gasteiger partial charge on any atom is 0.243 e. The predicted molar refractivity (Wildman–Crippen MR) is 70.0 cm³/mol. The maximum atomic E-state index is 5.96. The van der Waals surface area contributed by atoms with Crippen molar-refractivity contribution in [1.82, 2.24) is 20.1 Å². The van der Waals surface area contributed by atoms with Gasteiger partial charge in [-0.1, -0.05) is 5.16 Å². The molecule has 0 unspecified atom stereocenters. The standard InChI is InChI=1S/C11H15N5OS/c1-7-13-5-3-9(14-7)10-15-11(17-16-10)8(12)4-6-18-2/h3,5,8H,4,6,12H2,1-2H3/t8-/m0/s1. The third kappa shape index (κ3) is 3.05. The van der Waals surface area contributed by atoms with Gasteiger partial charge in [0.15, 0.2) is 0 Å². The molecule has 0 aliphatic heterocycles. The molecule has 0 aliphatic carbocycles. The number of nitrogens with two attached hydrogens (primary N) is 1. The minimum Gasteiger partial charge on any atom is -0.337 e. The molecule has 0 radical (unpaired) electrons. The van der Waals surface area contributed by atoms with Crippen molar-refractivity contribution in [3.05, 3.63) is 24.0 Å². The lowest BCUT2D eigenvalue weighted by Gasteiger charge is -2.03. The minimum absolute atomic E-state index is 0.221. The van der Waals surface area contributed by atoms with Gasteiger partial charge in [0.1, 0.15) is 11.5 Å². The predicted octanol–water partition coefficient (Wildman–Crippen LogP) is 1.59. The Hall–Kier alpha value is -1.47. The van der Waals surface area contributed by atoms with E-state index in [2.05, 4.69) is 20.1 Å². The van der Waals surface area contributed by atoms with E-state index in [0.29, 0.717) is 23.2 Å². The lowest BCUT2D eigenvalue weighted by Crippen LogP contribution is -2.11. The van der Waals surface area contributed by atoms with Crippen molar-refractivity contribution in [3.63, 3.8) is 0 Å². The molecular weight excluding hydrogens is 250 g/mol. The van der Waals surface area contributed by atoms with Crippen LogP contribution in [0, 0.1) is 6.92 Å². The molecular formula is C11H15N5OS. The van der Waals surface area contributed by atoms with E-state index in [1.54, 1.807) is 24.0 Å². The molecule has 18 heavy (non-hydrogen) atoms. The van der Waals surface area contributed by atoms with Crippen molar-refractivity contribution in [3.8, 4) is 11.5 Å². The van der Waals surface area contributed by atoms with Crippen molar-refractivity contribution < 1.29 is 4.52 Å². The molecule has 2 heterocycles. The number of hydrogen-bond donors (Lipinski definition) is 1. The Labute approximate surface area is 109 Å². The molecule has 0 aromatic carbocycles. The molecule has 2 aromatic heterocycles. The van der Waals surface area contributed by atoms with Gasteiger partial charge in [0.25, 0.3) is 0 Å². The van der Waals surface area contributed by atoms with Crippen LogP contribution in [0.15, 0.2) is 16.8 Å². The van der Waals surface area contributed by atoms with Gasteiger partial charge in [-0.2, -0.15) is 16.7 Å². The van der Waals surface area contributed by atoms with Crippen LogP contribution >= 0.6 is 11.8 Å². The number of nitrogens with zero attached hydrogens (tertiary/aromatic N) is 4. The van der Waals surface area contributed by atoms with Crippen LogP contribution in [-0.2, 0) is 0 Å². The fourth-order valence-electron chi connectivity index (χ4n) is 1.44. The normalized spacial score (nSPS) is 12.6. The fraction of sp³-hybridized carbons (Fsp3) is 0.455. The van der Waals surface area contributed by atoms with Gasteiger partial charge in [0.2, 0.25) is 11.7 Å². The summed E-state index contributed by atoms with van der Waals surface area (Å²) in [4.78, 5) is 12.5. The van der Waals surface area contributed by atoms with Gasteiger partial charge in [-0.05, 0) is 31.4 Å². The minimum atomic E-state index is -0.221. The van der Waals surface area contributed by atoms with Crippen LogP contribution in [0.4, 0.5) is 0 Å². The molecule has 96 valence electrons. The van der Waals surface area contributed by atoms with Crippen molar-refractivity contribution in [2.75, 3.05) is 12.0 Å². The van der Waals surface area contributed by atoms with Crippen LogP contribution in [0.1, 0.15) is 24.2 Å². The van der Waals surface area contributed by atoms with E-state index in [1.807, 2.05) is 13.2 Å². The summed E-state index contributed by atoms with van der Waals surface area (Å²) in [7, 11) is 0. The van der Waals surface area contributed by atoms with E-state index >= 15 is 0 Å². The summed E-state index contributed by atoms with van der Waals surface area (Å²) in [5.74, 6) is 2.54. The lowest BCUT2D eigenvalue weighted by molar-refractivity contribution is 0.353. The van der Waals surface area contributed by atoms with E-state index in [-0.39, 0.29) is 6.04 Å². The highest BCUT2D eigenvalue weighted by Gasteiger charge is 2.16. The molecule has 2 aromatic rings. The Bertz CT molecular complexity index is 516. The van der Waals surface area contributed by atoms with Gasteiger partial charge in [0, 0.05) is 6.20 Å². The molecule has 0 spiro atoms. The number of hydrogen-bond acceptors (Lipinski definition) is 7. The summed E-state index contributed by atoms with van der Waals surface area (Å²) < 4.78 is 5.16. The highest BCUT2D eigenvalue weighted by molar-refractivity contribution is 7.98. The van der Waals surface area contributed by atoms with Crippen molar-refractivity contribution >= 4 is 11.8 Å². The number of aromatic nitrogens is 4. The molecule has 0 saturated carbocycles. The van der Waals surface area contributed by atoms with Crippen LogP contribution in [0.25, 0.3) is 11.5 Å². The number of aryl methyl sites for hydroxylation is 1. The Kier molecular flexibility index (Phi) is 4.27.